The van der Waals surface area contributed by atoms with Gasteiger partial charge < -0.3 is 14.1 Å². The van der Waals surface area contributed by atoms with E-state index in [1.54, 1.807) is 24.3 Å². The maximum Gasteiger partial charge on any atom is 0.236 e. The largest absolute Gasteiger partial charge is 0.494 e. The Morgan fingerprint density at radius 3 is 2.26 bits per heavy atom. The van der Waals surface area contributed by atoms with Crippen molar-refractivity contribution in [2.45, 2.75) is 42.5 Å². The number of oxazole rings is 1. The Hall–Kier alpha value is -2.32. The number of aromatic nitrogens is 1. The lowest BCUT2D eigenvalue weighted by atomic mass is 10.2. The van der Waals surface area contributed by atoms with Gasteiger partial charge in [-0.1, -0.05) is 28.8 Å². The number of anilines is 1. The van der Waals surface area contributed by atoms with E-state index in [0.29, 0.717) is 18.1 Å². The zero-order valence-corrected chi connectivity index (χ0v) is 19.8. The Morgan fingerprint density at radius 1 is 1.00 bits per heavy atom. The summed E-state index contributed by atoms with van der Waals surface area (Å²) in [5.41, 5.74) is 0.705. The second-order valence-corrected chi connectivity index (χ2v) is 10.2. The molecular weight excluding hydrogens is 480 g/mol. The fraction of sp³-hybridized carbons (Fsp3) is 0.348. The maximum absolute atomic E-state index is 13.5. The average molecular weight is 505 g/mol. The molecule has 1 aromatic heterocycles. The molecule has 0 unspecified atom stereocenters. The summed E-state index contributed by atoms with van der Waals surface area (Å²) in [6.45, 7) is 4.00. The normalized spacial score (nSPS) is 15.0. The van der Waals surface area contributed by atoms with Crippen molar-refractivity contribution >= 4 is 31.7 Å². The standard InChI is InChI=1S/C23H25BrN2O4S/c1-2-29-19-11-7-17(8-12-19)21-25-22(23(30-21)26-15-5-3-4-6-16-26)31(27,28)20-13-9-18(24)10-14-20/h7-14H,2-6,15-16H2,1H3. The molecule has 31 heavy (non-hydrogen) atoms. The number of hydrogen-bond acceptors (Lipinski definition) is 6. The third-order valence-corrected chi connectivity index (χ3v) is 7.46. The second kappa shape index (κ2) is 9.44. The highest BCUT2D eigenvalue weighted by atomic mass is 79.9. The van der Waals surface area contributed by atoms with Gasteiger partial charge in [0.15, 0.2) is 0 Å². The summed E-state index contributed by atoms with van der Waals surface area (Å²) in [5.74, 6) is 1.36. The molecule has 0 atom stereocenters. The summed E-state index contributed by atoms with van der Waals surface area (Å²) >= 11 is 3.36. The number of nitrogens with zero attached hydrogens (tertiary/aromatic N) is 2. The van der Waals surface area contributed by atoms with Crippen LogP contribution < -0.4 is 9.64 Å². The SMILES string of the molecule is CCOc1ccc(-c2nc(S(=O)(=O)c3ccc(Br)cc3)c(N3CCCCCC3)o2)cc1. The van der Waals surface area contributed by atoms with E-state index in [-0.39, 0.29) is 15.8 Å². The van der Waals surface area contributed by atoms with Gasteiger partial charge in [-0.15, -0.1) is 0 Å². The first kappa shape index (κ1) is 21.9. The molecule has 0 bridgehead atoms. The first-order valence-electron chi connectivity index (χ1n) is 10.5. The number of hydrogen-bond donors (Lipinski definition) is 0. The fourth-order valence-corrected chi connectivity index (χ4v) is 5.24. The van der Waals surface area contributed by atoms with Crippen LogP contribution in [0.1, 0.15) is 32.6 Å². The Balaban J connectivity index is 1.79. The first-order valence-corrected chi connectivity index (χ1v) is 12.8. The highest BCUT2D eigenvalue weighted by Crippen LogP contribution is 2.36. The fourth-order valence-electron chi connectivity index (χ4n) is 3.66. The topological polar surface area (TPSA) is 72.6 Å². The van der Waals surface area contributed by atoms with E-state index in [2.05, 4.69) is 20.9 Å². The molecule has 2 aromatic carbocycles. The minimum Gasteiger partial charge on any atom is -0.494 e. The predicted octanol–water partition coefficient (Wildman–Crippen LogP) is 5.72. The van der Waals surface area contributed by atoms with Gasteiger partial charge in [0, 0.05) is 23.1 Å². The zero-order valence-electron chi connectivity index (χ0n) is 17.4. The molecule has 0 saturated carbocycles. The Morgan fingerprint density at radius 2 is 1.65 bits per heavy atom. The molecule has 3 aromatic rings. The molecule has 1 fully saturated rings. The predicted molar refractivity (Wildman–Crippen MR) is 123 cm³/mol. The summed E-state index contributed by atoms with van der Waals surface area (Å²) in [4.78, 5) is 6.69. The molecule has 164 valence electrons. The first-order chi connectivity index (χ1) is 15.0. The van der Waals surface area contributed by atoms with Gasteiger partial charge in [0.05, 0.1) is 11.5 Å². The van der Waals surface area contributed by atoms with Crippen LogP contribution >= 0.6 is 15.9 Å². The number of benzene rings is 2. The third-order valence-electron chi connectivity index (χ3n) is 5.26. The highest BCUT2D eigenvalue weighted by molar-refractivity contribution is 9.10. The number of ether oxygens (including phenoxy) is 1. The summed E-state index contributed by atoms with van der Waals surface area (Å²) in [6, 6.07) is 13.9. The molecule has 2 heterocycles. The van der Waals surface area contributed by atoms with Gasteiger partial charge in [0.2, 0.25) is 26.6 Å². The van der Waals surface area contributed by atoms with Crippen LogP contribution in [-0.4, -0.2) is 33.1 Å². The Kier molecular flexibility index (Phi) is 6.67. The van der Waals surface area contributed by atoms with Gasteiger partial charge in [0.25, 0.3) is 0 Å². The van der Waals surface area contributed by atoms with Crippen LogP contribution in [0.5, 0.6) is 5.75 Å². The minimum absolute atomic E-state index is 0.0272. The molecule has 0 amide bonds. The average Bonchev–Trinajstić information content (AvgIpc) is 3.05. The van der Waals surface area contributed by atoms with Crippen molar-refractivity contribution in [1.82, 2.24) is 4.98 Å². The van der Waals surface area contributed by atoms with E-state index in [4.69, 9.17) is 9.15 Å². The lowest BCUT2D eigenvalue weighted by Gasteiger charge is -2.20. The van der Waals surface area contributed by atoms with Gasteiger partial charge in [-0.2, -0.15) is 4.98 Å². The zero-order chi connectivity index (χ0) is 21.8. The van der Waals surface area contributed by atoms with Crippen LogP contribution in [0.25, 0.3) is 11.5 Å². The quantitative estimate of drug-likeness (QED) is 0.427. The van der Waals surface area contributed by atoms with Gasteiger partial charge in [-0.05, 0) is 68.3 Å². The van der Waals surface area contributed by atoms with Crippen LogP contribution in [0.3, 0.4) is 0 Å². The van der Waals surface area contributed by atoms with Crippen LogP contribution in [0.2, 0.25) is 0 Å². The van der Waals surface area contributed by atoms with E-state index in [9.17, 15) is 8.42 Å². The maximum atomic E-state index is 13.5. The molecule has 0 aliphatic carbocycles. The van der Waals surface area contributed by atoms with Gasteiger partial charge in [0.1, 0.15) is 5.75 Å². The van der Waals surface area contributed by atoms with Gasteiger partial charge in [-0.25, -0.2) is 8.42 Å². The summed E-state index contributed by atoms with van der Waals surface area (Å²) in [7, 11) is -3.84. The lowest BCUT2D eigenvalue weighted by molar-refractivity contribution is 0.340. The smallest absolute Gasteiger partial charge is 0.236 e. The van der Waals surface area contributed by atoms with Crippen molar-refractivity contribution in [3.05, 3.63) is 53.0 Å². The van der Waals surface area contributed by atoms with Crippen molar-refractivity contribution in [2.24, 2.45) is 0 Å². The van der Waals surface area contributed by atoms with Gasteiger partial charge >= 0.3 is 0 Å². The molecule has 0 radical (unpaired) electrons. The minimum atomic E-state index is -3.84. The lowest BCUT2D eigenvalue weighted by Crippen LogP contribution is -2.25. The molecule has 8 heteroatoms. The van der Waals surface area contributed by atoms with Crippen molar-refractivity contribution in [2.75, 3.05) is 24.6 Å². The van der Waals surface area contributed by atoms with Crippen LogP contribution in [0.4, 0.5) is 5.88 Å². The van der Waals surface area contributed by atoms with E-state index in [0.717, 1.165) is 49.0 Å². The summed E-state index contributed by atoms with van der Waals surface area (Å²) in [6.07, 6.45) is 4.25. The van der Waals surface area contributed by atoms with E-state index in [1.165, 1.54) is 0 Å². The van der Waals surface area contributed by atoms with E-state index in [1.807, 2.05) is 36.1 Å². The number of halogens is 1. The second-order valence-electron chi connectivity index (χ2n) is 7.45. The molecule has 1 aliphatic heterocycles. The number of sulfone groups is 1. The third kappa shape index (κ3) is 4.80. The molecule has 0 N–H and O–H groups in total. The molecule has 1 saturated heterocycles. The summed E-state index contributed by atoms with van der Waals surface area (Å²) in [5, 5.41) is -0.0272. The van der Waals surface area contributed by atoms with Crippen molar-refractivity contribution < 1.29 is 17.6 Å². The monoisotopic (exact) mass is 504 g/mol. The Labute approximate surface area is 191 Å². The van der Waals surface area contributed by atoms with Crippen LogP contribution in [0.15, 0.2) is 67.3 Å². The van der Waals surface area contributed by atoms with Crippen molar-refractivity contribution in [1.29, 1.82) is 0 Å². The molecular formula is C23H25BrN2O4S. The highest BCUT2D eigenvalue weighted by Gasteiger charge is 2.31. The van der Waals surface area contributed by atoms with Crippen molar-refractivity contribution in [3.63, 3.8) is 0 Å². The van der Waals surface area contributed by atoms with E-state index >= 15 is 0 Å². The summed E-state index contributed by atoms with van der Waals surface area (Å²) < 4.78 is 39.4. The molecule has 0 spiro atoms. The molecule has 1 aliphatic rings. The molecule has 4 rings (SSSR count). The van der Waals surface area contributed by atoms with Crippen LogP contribution in [0, 0.1) is 0 Å². The molecule has 6 nitrogen and oxygen atoms in total. The number of rotatable bonds is 6. The Bertz CT molecular complexity index is 1120. The van der Waals surface area contributed by atoms with Crippen molar-refractivity contribution in [3.8, 4) is 17.2 Å². The van der Waals surface area contributed by atoms with Gasteiger partial charge in [-0.3, -0.25) is 0 Å². The van der Waals surface area contributed by atoms with E-state index < -0.39 is 9.84 Å². The van der Waals surface area contributed by atoms with Crippen LogP contribution in [-0.2, 0) is 9.84 Å².